The summed E-state index contributed by atoms with van der Waals surface area (Å²) in [7, 11) is -4.09. The van der Waals surface area contributed by atoms with Gasteiger partial charge in [-0.1, -0.05) is 121 Å². The number of aliphatic hydroxyl groups excluding tert-OH is 2. The monoisotopic (exact) mass is 1420 g/mol. The van der Waals surface area contributed by atoms with Crippen LogP contribution < -0.4 is 0 Å². The van der Waals surface area contributed by atoms with Crippen LogP contribution in [0.4, 0.5) is 13.2 Å². The Balaban J connectivity index is 0.000000334. The second-order valence-corrected chi connectivity index (χ2v) is 17.3. The summed E-state index contributed by atoms with van der Waals surface area (Å²) in [6, 6.07) is 80.5. The van der Waals surface area contributed by atoms with Crippen molar-refractivity contribution in [3.05, 3.63) is 265 Å². The molecule has 9 nitrogen and oxygen atoms in total. The van der Waals surface area contributed by atoms with E-state index in [1.807, 2.05) is 160 Å². The van der Waals surface area contributed by atoms with Gasteiger partial charge in [-0.3, -0.25) is 4.98 Å². The predicted molar refractivity (Wildman–Crippen MR) is 297 cm³/mol. The van der Waals surface area contributed by atoms with E-state index in [-0.39, 0.29) is 40.2 Å². The van der Waals surface area contributed by atoms with E-state index in [9.17, 15) is 13.2 Å². The maximum absolute atomic E-state index is 10.7. The molecule has 6 aromatic carbocycles. The summed E-state index contributed by atoms with van der Waals surface area (Å²) < 4.78 is 58.9. The topological polar surface area (TPSA) is 149 Å². The molecule has 4 heterocycles. The summed E-state index contributed by atoms with van der Waals surface area (Å²) in [5.74, 6) is 0. The second-order valence-electron chi connectivity index (χ2n) is 15.9. The zero-order valence-corrected chi connectivity index (χ0v) is 49.1. The van der Waals surface area contributed by atoms with E-state index in [0.29, 0.717) is 0 Å². The van der Waals surface area contributed by atoms with Crippen molar-refractivity contribution in [2.24, 2.45) is 0 Å². The quantitative estimate of drug-likeness (QED) is 0.0942. The van der Waals surface area contributed by atoms with E-state index in [4.69, 9.17) is 23.2 Å². The van der Waals surface area contributed by atoms with Gasteiger partial charge in [0.2, 0.25) is 0 Å². The van der Waals surface area contributed by atoms with Crippen LogP contribution in [0.25, 0.3) is 67.3 Å². The molecule has 0 aliphatic heterocycles. The summed E-state index contributed by atoms with van der Waals surface area (Å²) >= 11 is 0. The normalized spacial score (nSPS) is 9.95. The number of aliphatic hydroxyl groups is 2. The first-order valence-electron chi connectivity index (χ1n) is 23.5. The Morgan fingerprint density at radius 2 is 0.756 bits per heavy atom. The molecule has 0 saturated heterocycles. The zero-order chi connectivity index (χ0) is 55.4. The summed E-state index contributed by atoms with van der Waals surface area (Å²) in [4.78, 5) is 17.9. The van der Waals surface area contributed by atoms with Crippen LogP contribution in [0, 0.1) is 45.9 Å². The molecule has 0 unspecified atom stereocenters. The van der Waals surface area contributed by atoms with Crippen LogP contribution in [0.3, 0.4) is 0 Å². The molecule has 4 aromatic heterocycles. The van der Waals surface area contributed by atoms with E-state index in [0.717, 1.165) is 81.8 Å². The molecule has 0 saturated carbocycles. The van der Waals surface area contributed by atoms with E-state index >= 15 is 0 Å². The molecule has 10 rings (SSSR count). The minimum absolute atomic E-state index is 0. The Morgan fingerprint density at radius 3 is 1.08 bits per heavy atom. The van der Waals surface area contributed by atoms with Crippen molar-refractivity contribution in [3.63, 3.8) is 0 Å². The van der Waals surface area contributed by atoms with E-state index < -0.39 is 15.6 Å². The smallest absolute Gasteiger partial charge is 0.485 e. The fourth-order valence-electron chi connectivity index (χ4n) is 6.88. The van der Waals surface area contributed by atoms with E-state index in [2.05, 4.69) is 131 Å². The molecular formula is C63H57F3Ir2N4O5S-4. The largest absolute Gasteiger partial charge is 0.741 e. The van der Waals surface area contributed by atoms with Crippen LogP contribution in [0.15, 0.2) is 225 Å². The summed E-state index contributed by atoms with van der Waals surface area (Å²) in [6.07, 6.45) is 3.88. The molecule has 0 aliphatic rings. The van der Waals surface area contributed by atoms with Gasteiger partial charge in [0.05, 0.1) is 5.69 Å². The second kappa shape index (κ2) is 35.3. The molecule has 0 spiro atoms. The first-order valence-corrected chi connectivity index (χ1v) is 24.9. The van der Waals surface area contributed by atoms with Gasteiger partial charge in [-0.25, -0.2) is 8.42 Å². The third kappa shape index (κ3) is 22.1. The molecule has 2 N–H and O–H groups in total. The van der Waals surface area contributed by atoms with Crippen LogP contribution in [-0.4, -0.2) is 62.8 Å². The molecule has 2 radical (unpaired) electrons. The van der Waals surface area contributed by atoms with Crippen LogP contribution in [0.1, 0.15) is 22.5 Å². The Labute approximate surface area is 483 Å². The molecule has 408 valence electrons. The van der Waals surface area contributed by atoms with E-state index in [1.54, 1.807) is 0 Å². The van der Waals surface area contributed by atoms with Gasteiger partial charge in [-0.15, -0.1) is 108 Å². The fourth-order valence-corrected chi connectivity index (χ4v) is 6.88. The summed E-state index contributed by atoms with van der Waals surface area (Å²) in [5, 5.41) is 14.0. The van der Waals surface area contributed by atoms with Crippen LogP contribution in [-0.2, 0) is 50.3 Å². The number of hydrogen-bond donors (Lipinski definition) is 2. The molecule has 0 fully saturated rings. The molecular weight excluding hydrogens is 1370 g/mol. The predicted octanol–water partition coefficient (Wildman–Crippen LogP) is 14.2. The standard InChI is InChI=1S/C18H15N.C18H14N.2C12H10N.CHF3O3S.2CH4O.2Ir/c2*1-14-7-5-6-10-17(14)16-11-12-18(19-13-16)15-8-3-2-4-9-15;2*1-10-6-5-9-12(13-10)11-7-3-2-4-8-11;2-1(3,4)8(5,6)7;2*1-2;;/h2-13H,1H3;2-8,10-13H,1H3;2*2-7,9H,1H3;(H,5,6,7);2*2H,1H3;;/q;3*-1;;;;;/p-1. The molecule has 78 heavy (non-hydrogen) atoms. The van der Waals surface area contributed by atoms with Crippen LogP contribution >= 0.6 is 0 Å². The Morgan fingerprint density at radius 1 is 0.410 bits per heavy atom. The van der Waals surface area contributed by atoms with Crippen molar-refractivity contribution in [1.82, 2.24) is 19.9 Å². The van der Waals surface area contributed by atoms with Crippen molar-refractivity contribution < 1.29 is 76.6 Å². The average molecular weight is 1420 g/mol. The van der Waals surface area contributed by atoms with Gasteiger partial charge in [0, 0.05) is 89.3 Å². The minimum Gasteiger partial charge on any atom is -0.741 e. The first-order chi connectivity index (χ1) is 36.7. The van der Waals surface area contributed by atoms with Gasteiger partial charge in [-0.2, -0.15) is 13.2 Å². The first kappa shape index (κ1) is 66.9. The molecule has 0 amide bonds. The summed E-state index contributed by atoms with van der Waals surface area (Å²) in [6.45, 7) is 8.23. The van der Waals surface area contributed by atoms with Crippen molar-refractivity contribution in [1.29, 1.82) is 0 Å². The molecule has 15 heteroatoms. The number of benzene rings is 6. The Hall–Kier alpha value is -7.16. The van der Waals surface area contributed by atoms with Crippen molar-refractivity contribution >= 4 is 10.1 Å². The molecule has 0 atom stereocenters. The van der Waals surface area contributed by atoms with Crippen molar-refractivity contribution in [2.75, 3.05) is 14.2 Å². The van der Waals surface area contributed by atoms with Crippen molar-refractivity contribution in [2.45, 2.75) is 33.2 Å². The maximum Gasteiger partial charge on any atom is 0.485 e. The molecule has 0 bridgehead atoms. The maximum atomic E-state index is 10.7. The minimum atomic E-state index is -6.09. The number of aryl methyl sites for hydroxylation is 4. The van der Waals surface area contributed by atoms with Crippen molar-refractivity contribution in [3.8, 4) is 67.3 Å². The number of hydrogen-bond acceptors (Lipinski definition) is 9. The van der Waals surface area contributed by atoms with Gasteiger partial charge >= 0.3 is 5.51 Å². The number of alkyl halides is 3. The molecule has 10 aromatic rings. The molecule has 0 aliphatic carbocycles. The van der Waals surface area contributed by atoms with Gasteiger partial charge in [-0.05, 0) is 90.8 Å². The van der Waals surface area contributed by atoms with Crippen LogP contribution in [0.5, 0.6) is 0 Å². The Bertz CT molecular complexity index is 3140. The zero-order valence-electron chi connectivity index (χ0n) is 43.5. The average Bonchev–Trinajstić information content (AvgIpc) is 3.46. The van der Waals surface area contributed by atoms with Gasteiger partial charge in [0.15, 0.2) is 10.1 Å². The Kier molecular flexibility index (Phi) is 30.3. The number of aromatic nitrogens is 4. The van der Waals surface area contributed by atoms with Crippen LogP contribution in [0.2, 0.25) is 0 Å². The number of nitrogens with zero attached hydrogens (tertiary/aromatic N) is 4. The number of pyridine rings is 4. The SMILES string of the molecule is CO.CO.Cc1cccc(-c2[c-]cccc2)n1.Cc1cccc(-c2[c-]cccc2)n1.Cc1ccccc1-c1ccc(-c2[c-]cccc2)nc1.Cc1ccccc1-c1ccc(-c2ccccc2)nc1.O=S(=O)([O-])C(F)(F)F.[Ir].[Ir]. The summed E-state index contributed by atoms with van der Waals surface area (Å²) in [5.41, 5.74) is 12.0. The van der Waals surface area contributed by atoms with Gasteiger partial charge in [0.25, 0.3) is 0 Å². The van der Waals surface area contributed by atoms with E-state index in [1.165, 1.54) is 22.3 Å². The third-order valence-corrected chi connectivity index (χ3v) is 11.1. The number of rotatable bonds is 6. The number of halogens is 3. The van der Waals surface area contributed by atoms with Gasteiger partial charge in [0.1, 0.15) is 0 Å². The third-order valence-electron chi connectivity index (χ3n) is 10.5. The fraction of sp³-hybridized carbons (Fsp3) is 0.111. The van der Waals surface area contributed by atoms with Gasteiger partial charge < -0.3 is 29.7 Å².